The topological polar surface area (TPSA) is 102 Å². The smallest absolute Gasteiger partial charge is 0.333 e. The first-order valence-corrected chi connectivity index (χ1v) is 5.91. The lowest BCUT2D eigenvalue weighted by Crippen LogP contribution is -2.30. The number of nitrogens with zero attached hydrogens (tertiary/aromatic N) is 2. The minimum Gasteiger partial charge on any atom is -0.424 e. The molecule has 1 aromatic rings. The number of esters is 1. The van der Waals surface area contributed by atoms with Crippen molar-refractivity contribution in [2.45, 2.75) is 13.3 Å². The molecule has 0 unspecified atom stereocenters. The van der Waals surface area contributed by atoms with Gasteiger partial charge in [0.1, 0.15) is 12.3 Å². The number of hydrazone groups is 1. The highest BCUT2D eigenvalue weighted by Crippen LogP contribution is 2.18. The van der Waals surface area contributed by atoms with Gasteiger partial charge in [-0.3, -0.25) is 9.59 Å². The molecule has 1 aliphatic heterocycles. The lowest BCUT2D eigenvalue weighted by Gasteiger charge is -2.12. The summed E-state index contributed by atoms with van der Waals surface area (Å²) in [5, 5.41) is 4.96. The number of primary amides is 1. The fourth-order valence-corrected chi connectivity index (χ4v) is 1.77. The molecule has 0 atom stereocenters. The maximum absolute atomic E-state index is 11.8. The third-order valence-electron chi connectivity index (χ3n) is 2.64. The number of rotatable bonds is 4. The first-order chi connectivity index (χ1) is 9.47. The highest BCUT2D eigenvalue weighted by molar-refractivity contribution is 6.04. The van der Waals surface area contributed by atoms with Gasteiger partial charge in [-0.2, -0.15) is 5.10 Å². The minimum absolute atomic E-state index is 0.0670. The van der Waals surface area contributed by atoms with E-state index in [1.807, 2.05) is 0 Å². The molecule has 0 bridgehead atoms. The number of amides is 2. The highest BCUT2D eigenvalue weighted by atomic mass is 16.5. The molecule has 0 aliphatic carbocycles. The number of ether oxygens (including phenoxy) is 1. The van der Waals surface area contributed by atoms with Gasteiger partial charge in [0.25, 0.3) is 5.91 Å². The van der Waals surface area contributed by atoms with Crippen molar-refractivity contribution in [1.29, 1.82) is 0 Å². The van der Waals surface area contributed by atoms with E-state index in [4.69, 9.17) is 10.5 Å². The quantitative estimate of drug-likeness (QED) is 0.630. The number of benzene rings is 1. The fraction of sp³-hybridized carbons (Fsp3) is 0.231. The van der Waals surface area contributed by atoms with Gasteiger partial charge in [0.2, 0.25) is 5.91 Å². The summed E-state index contributed by atoms with van der Waals surface area (Å²) in [7, 11) is 0. The molecule has 7 nitrogen and oxygen atoms in total. The van der Waals surface area contributed by atoms with Crippen LogP contribution in [0.15, 0.2) is 29.4 Å². The van der Waals surface area contributed by atoms with E-state index >= 15 is 0 Å². The third-order valence-corrected chi connectivity index (χ3v) is 2.64. The van der Waals surface area contributed by atoms with E-state index in [1.165, 1.54) is 12.1 Å². The molecule has 0 saturated carbocycles. The summed E-state index contributed by atoms with van der Waals surface area (Å²) in [5.41, 5.74) is 5.92. The van der Waals surface area contributed by atoms with Gasteiger partial charge in [0, 0.05) is 5.71 Å². The van der Waals surface area contributed by atoms with Gasteiger partial charge in [0.05, 0.1) is 12.0 Å². The largest absolute Gasteiger partial charge is 0.424 e. The van der Waals surface area contributed by atoms with E-state index in [9.17, 15) is 14.4 Å². The molecular weight excluding hydrogens is 262 g/mol. The van der Waals surface area contributed by atoms with Crippen LogP contribution >= 0.6 is 0 Å². The molecule has 7 heteroatoms. The van der Waals surface area contributed by atoms with Crippen molar-refractivity contribution in [3.8, 4) is 5.75 Å². The second-order valence-electron chi connectivity index (χ2n) is 4.30. The fourth-order valence-electron chi connectivity index (χ4n) is 1.77. The Kier molecular flexibility index (Phi) is 3.79. The maximum atomic E-state index is 11.8. The number of hydrogen-bond acceptors (Lipinski definition) is 5. The van der Waals surface area contributed by atoms with E-state index in [-0.39, 0.29) is 30.2 Å². The second-order valence-corrected chi connectivity index (χ2v) is 4.30. The molecule has 1 aromatic carbocycles. The Bertz CT molecular complexity index is 609. The van der Waals surface area contributed by atoms with Gasteiger partial charge in [-0.15, -0.1) is 0 Å². The van der Waals surface area contributed by atoms with Crippen molar-refractivity contribution in [3.05, 3.63) is 29.8 Å². The Morgan fingerprint density at radius 2 is 2.10 bits per heavy atom. The summed E-state index contributed by atoms with van der Waals surface area (Å²) >= 11 is 0. The van der Waals surface area contributed by atoms with Crippen LogP contribution in [-0.2, 0) is 9.59 Å². The van der Waals surface area contributed by atoms with Gasteiger partial charge in [-0.1, -0.05) is 12.1 Å². The Morgan fingerprint density at radius 1 is 1.40 bits per heavy atom. The van der Waals surface area contributed by atoms with Crippen molar-refractivity contribution >= 4 is 23.5 Å². The Morgan fingerprint density at radius 3 is 2.70 bits per heavy atom. The molecule has 1 heterocycles. The summed E-state index contributed by atoms with van der Waals surface area (Å²) in [5.74, 6) is -1.58. The van der Waals surface area contributed by atoms with E-state index in [0.29, 0.717) is 5.71 Å². The number of nitrogens with two attached hydrogens (primary N) is 1. The minimum atomic E-state index is -0.695. The number of carbonyl (C=O) groups is 3. The number of hydrogen-bond donors (Lipinski definition) is 1. The van der Waals surface area contributed by atoms with Crippen LogP contribution in [-0.4, -0.2) is 35.0 Å². The zero-order chi connectivity index (χ0) is 14.7. The summed E-state index contributed by atoms with van der Waals surface area (Å²) in [6, 6.07) is 6.13. The molecule has 104 valence electrons. The van der Waals surface area contributed by atoms with Gasteiger partial charge < -0.3 is 10.5 Å². The van der Waals surface area contributed by atoms with E-state index in [1.54, 1.807) is 19.1 Å². The molecule has 0 spiro atoms. The third kappa shape index (κ3) is 3.00. The predicted molar refractivity (Wildman–Crippen MR) is 70.0 cm³/mol. The van der Waals surface area contributed by atoms with E-state index in [2.05, 4.69) is 5.10 Å². The molecule has 0 fully saturated rings. The average molecular weight is 275 g/mol. The molecule has 2 rings (SSSR count). The summed E-state index contributed by atoms with van der Waals surface area (Å²) in [4.78, 5) is 34.4. The van der Waals surface area contributed by atoms with Gasteiger partial charge in [-0.05, 0) is 19.1 Å². The van der Waals surface area contributed by atoms with Gasteiger partial charge in [0.15, 0.2) is 0 Å². The van der Waals surface area contributed by atoms with E-state index in [0.717, 1.165) is 5.01 Å². The number of para-hydroxylation sites is 1. The van der Waals surface area contributed by atoms with Crippen molar-refractivity contribution in [3.63, 3.8) is 0 Å². The second kappa shape index (κ2) is 5.52. The number of carbonyl (C=O) groups excluding carboxylic acids is 3. The maximum Gasteiger partial charge on any atom is 0.333 e. The van der Waals surface area contributed by atoms with E-state index < -0.39 is 11.9 Å². The Labute approximate surface area is 115 Å². The summed E-state index contributed by atoms with van der Waals surface area (Å²) < 4.78 is 5.05. The van der Waals surface area contributed by atoms with Crippen LogP contribution in [0.5, 0.6) is 5.75 Å². The average Bonchev–Trinajstić information content (AvgIpc) is 2.68. The van der Waals surface area contributed by atoms with Crippen molar-refractivity contribution in [2.24, 2.45) is 10.8 Å². The summed E-state index contributed by atoms with van der Waals surface area (Å²) in [6.45, 7) is 1.40. The standard InChI is InChI=1S/C13H13N3O4/c1-8-6-11(17)16(15-8)7-12(18)20-10-5-3-2-4-9(10)13(14)19/h2-5H,6-7H2,1H3,(H2,14,19). The van der Waals surface area contributed by atoms with Crippen LogP contribution in [0.2, 0.25) is 0 Å². The Balaban J connectivity index is 2.06. The van der Waals surface area contributed by atoms with Crippen LogP contribution in [0.4, 0.5) is 0 Å². The molecule has 0 aromatic heterocycles. The van der Waals surface area contributed by atoms with Crippen molar-refractivity contribution < 1.29 is 19.1 Å². The van der Waals surface area contributed by atoms with Crippen molar-refractivity contribution in [1.82, 2.24) is 5.01 Å². The van der Waals surface area contributed by atoms with Crippen LogP contribution in [0, 0.1) is 0 Å². The van der Waals surface area contributed by atoms with Crippen LogP contribution < -0.4 is 10.5 Å². The molecule has 2 amide bonds. The molecule has 0 saturated heterocycles. The predicted octanol–water partition coefficient (Wildman–Crippen LogP) is 0.299. The summed E-state index contributed by atoms with van der Waals surface area (Å²) in [6.07, 6.45) is 0.200. The van der Waals surface area contributed by atoms with Gasteiger partial charge in [-0.25, -0.2) is 9.80 Å². The lowest BCUT2D eigenvalue weighted by molar-refractivity contribution is -0.141. The zero-order valence-electron chi connectivity index (χ0n) is 10.8. The molecule has 0 radical (unpaired) electrons. The monoisotopic (exact) mass is 275 g/mol. The lowest BCUT2D eigenvalue weighted by atomic mass is 10.2. The molecule has 1 aliphatic rings. The van der Waals surface area contributed by atoms with Crippen LogP contribution in [0.25, 0.3) is 0 Å². The zero-order valence-corrected chi connectivity index (χ0v) is 10.8. The van der Waals surface area contributed by atoms with Crippen LogP contribution in [0.1, 0.15) is 23.7 Å². The first kappa shape index (κ1) is 13.7. The molecule has 2 N–H and O–H groups in total. The Hall–Kier alpha value is -2.70. The molecular formula is C13H13N3O4. The van der Waals surface area contributed by atoms with Gasteiger partial charge >= 0.3 is 5.97 Å². The first-order valence-electron chi connectivity index (χ1n) is 5.91. The normalized spacial score (nSPS) is 14.2. The van der Waals surface area contributed by atoms with Crippen molar-refractivity contribution in [2.75, 3.05) is 6.54 Å². The SMILES string of the molecule is CC1=NN(CC(=O)Oc2ccccc2C(N)=O)C(=O)C1. The highest BCUT2D eigenvalue weighted by Gasteiger charge is 2.24. The van der Waals surface area contributed by atoms with Crippen LogP contribution in [0.3, 0.4) is 0 Å². The molecule has 20 heavy (non-hydrogen) atoms.